The van der Waals surface area contributed by atoms with Crippen molar-refractivity contribution in [3.63, 3.8) is 0 Å². The van der Waals surface area contributed by atoms with E-state index >= 15 is 0 Å². The normalized spacial score (nSPS) is 25.3. The van der Waals surface area contributed by atoms with E-state index in [1.165, 1.54) is 0 Å². The zero-order chi connectivity index (χ0) is 15.1. The molecule has 5 nitrogen and oxygen atoms in total. The Bertz CT molecular complexity index is 442. The molecule has 2 rings (SSSR count). The summed E-state index contributed by atoms with van der Waals surface area (Å²) in [5.74, 6) is 0. The molecule has 0 spiro atoms. The Kier molecular flexibility index (Phi) is 5.59. The molecule has 0 radical (unpaired) electrons. The molecule has 116 valence electrons. The minimum absolute atomic E-state index is 0.248. The van der Waals surface area contributed by atoms with E-state index in [0.717, 1.165) is 31.2 Å². The van der Waals surface area contributed by atoms with E-state index in [9.17, 15) is 4.79 Å². The molecule has 0 unspecified atom stereocenters. The minimum Gasteiger partial charge on any atom is -0.445 e. The molecule has 0 bridgehead atoms. The van der Waals surface area contributed by atoms with Gasteiger partial charge < -0.3 is 20.5 Å². The second-order valence-electron chi connectivity index (χ2n) is 5.64. The van der Waals surface area contributed by atoms with Gasteiger partial charge >= 0.3 is 6.09 Å². The monoisotopic (exact) mass is 292 g/mol. The van der Waals surface area contributed by atoms with Gasteiger partial charge in [-0.15, -0.1) is 0 Å². The highest BCUT2D eigenvalue weighted by Crippen LogP contribution is 2.30. The molecule has 5 heteroatoms. The standard InChI is InChI=1S/C16H24N2O3/c1-20-16(9-7-14(17)8-10-16)12-18-15(19)21-11-13-5-3-2-4-6-13/h2-6,14H,7-12,17H2,1H3,(H,18,19). The van der Waals surface area contributed by atoms with Crippen LogP contribution in [0.25, 0.3) is 0 Å². The maximum Gasteiger partial charge on any atom is 0.407 e. The first kappa shape index (κ1) is 15.8. The molecule has 1 amide bonds. The molecule has 1 saturated carbocycles. The van der Waals surface area contributed by atoms with Crippen LogP contribution in [0.3, 0.4) is 0 Å². The molecule has 1 aromatic carbocycles. The molecule has 21 heavy (non-hydrogen) atoms. The Hall–Kier alpha value is -1.59. The van der Waals surface area contributed by atoms with Gasteiger partial charge in [-0.3, -0.25) is 0 Å². The van der Waals surface area contributed by atoms with E-state index < -0.39 is 6.09 Å². The Morgan fingerprint density at radius 3 is 2.62 bits per heavy atom. The number of benzene rings is 1. The van der Waals surface area contributed by atoms with Crippen LogP contribution in [0.4, 0.5) is 4.79 Å². The van der Waals surface area contributed by atoms with Crippen LogP contribution >= 0.6 is 0 Å². The van der Waals surface area contributed by atoms with Crippen molar-refractivity contribution in [3.8, 4) is 0 Å². The predicted molar refractivity (Wildman–Crippen MR) is 80.8 cm³/mol. The molecule has 1 fully saturated rings. The highest BCUT2D eigenvalue weighted by molar-refractivity contribution is 5.67. The highest BCUT2D eigenvalue weighted by Gasteiger charge is 2.34. The van der Waals surface area contributed by atoms with Crippen molar-refractivity contribution in [2.24, 2.45) is 5.73 Å². The minimum atomic E-state index is -0.412. The van der Waals surface area contributed by atoms with E-state index in [4.69, 9.17) is 15.2 Å². The van der Waals surface area contributed by atoms with Gasteiger partial charge in [-0.05, 0) is 31.2 Å². The fourth-order valence-electron chi connectivity index (χ4n) is 2.63. The Labute approximate surface area is 125 Å². The average molecular weight is 292 g/mol. The van der Waals surface area contributed by atoms with Crippen molar-refractivity contribution in [2.75, 3.05) is 13.7 Å². The van der Waals surface area contributed by atoms with Crippen molar-refractivity contribution in [1.82, 2.24) is 5.32 Å². The van der Waals surface area contributed by atoms with Crippen LogP contribution in [0.1, 0.15) is 31.2 Å². The Balaban J connectivity index is 1.75. The fourth-order valence-corrected chi connectivity index (χ4v) is 2.63. The average Bonchev–Trinajstić information content (AvgIpc) is 2.54. The van der Waals surface area contributed by atoms with Crippen LogP contribution in [0.5, 0.6) is 0 Å². The number of carbonyl (C=O) groups excluding carboxylic acids is 1. The van der Waals surface area contributed by atoms with E-state index in [1.54, 1.807) is 7.11 Å². The van der Waals surface area contributed by atoms with Gasteiger partial charge in [0.2, 0.25) is 0 Å². The third kappa shape index (κ3) is 4.72. The lowest BCUT2D eigenvalue weighted by Crippen LogP contribution is -2.48. The summed E-state index contributed by atoms with van der Waals surface area (Å²) in [6.45, 7) is 0.737. The van der Waals surface area contributed by atoms with E-state index in [-0.39, 0.29) is 18.2 Å². The lowest BCUT2D eigenvalue weighted by Gasteiger charge is -2.38. The van der Waals surface area contributed by atoms with E-state index in [1.807, 2.05) is 30.3 Å². The number of hydrogen-bond donors (Lipinski definition) is 2. The summed E-state index contributed by atoms with van der Waals surface area (Å²) in [4.78, 5) is 11.8. The second kappa shape index (κ2) is 7.43. The van der Waals surface area contributed by atoms with Gasteiger partial charge in [0.15, 0.2) is 0 Å². The topological polar surface area (TPSA) is 73.6 Å². The summed E-state index contributed by atoms with van der Waals surface area (Å²) in [5.41, 5.74) is 6.58. The van der Waals surface area contributed by atoms with E-state index in [0.29, 0.717) is 6.54 Å². The molecule has 1 aromatic rings. The summed E-state index contributed by atoms with van der Waals surface area (Å²) in [7, 11) is 1.69. The molecule has 0 atom stereocenters. The van der Waals surface area contributed by atoms with E-state index in [2.05, 4.69) is 5.32 Å². The lowest BCUT2D eigenvalue weighted by molar-refractivity contribution is -0.0403. The quantitative estimate of drug-likeness (QED) is 0.872. The number of alkyl carbamates (subject to hydrolysis) is 1. The molecular weight excluding hydrogens is 268 g/mol. The largest absolute Gasteiger partial charge is 0.445 e. The number of nitrogens with one attached hydrogen (secondary N) is 1. The number of hydrogen-bond acceptors (Lipinski definition) is 4. The fraction of sp³-hybridized carbons (Fsp3) is 0.562. The van der Waals surface area contributed by atoms with Gasteiger partial charge in [0.1, 0.15) is 6.61 Å². The van der Waals surface area contributed by atoms with Crippen molar-refractivity contribution in [3.05, 3.63) is 35.9 Å². The molecule has 3 N–H and O–H groups in total. The number of methoxy groups -OCH3 is 1. The van der Waals surface area contributed by atoms with Crippen molar-refractivity contribution >= 4 is 6.09 Å². The van der Waals surface area contributed by atoms with Gasteiger partial charge in [0.25, 0.3) is 0 Å². The maximum absolute atomic E-state index is 11.8. The number of ether oxygens (including phenoxy) is 2. The van der Waals surface area contributed by atoms with Crippen LogP contribution in [-0.4, -0.2) is 31.4 Å². The van der Waals surface area contributed by atoms with Crippen LogP contribution < -0.4 is 11.1 Å². The van der Waals surface area contributed by atoms with Crippen molar-refractivity contribution < 1.29 is 14.3 Å². The molecule has 0 aromatic heterocycles. The summed E-state index contributed by atoms with van der Waals surface area (Å²) in [5, 5.41) is 2.80. The third-order valence-corrected chi connectivity index (χ3v) is 4.14. The lowest BCUT2D eigenvalue weighted by atomic mass is 9.82. The van der Waals surface area contributed by atoms with Crippen LogP contribution in [0, 0.1) is 0 Å². The molecule has 1 aliphatic carbocycles. The Morgan fingerprint density at radius 1 is 1.33 bits per heavy atom. The number of rotatable bonds is 5. The molecule has 0 saturated heterocycles. The maximum atomic E-state index is 11.8. The molecular formula is C16H24N2O3. The smallest absolute Gasteiger partial charge is 0.407 e. The van der Waals surface area contributed by atoms with Gasteiger partial charge in [-0.2, -0.15) is 0 Å². The van der Waals surface area contributed by atoms with Gasteiger partial charge in [-0.1, -0.05) is 30.3 Å². The van der Waals surface area contributed by atoms with Crippen molar-refractivity contribution in [2.45, 2.75) is 43.9 Å². The first-order chi connectivity index (χ1) is 10.1. The molecule has 1 aliphatic rings. The Morgan fingerprint density at radius 2 is 2.00 bits per heavy atom. The first-order valence-corrected chi connectivity index (χ1v) is 7.39. The van der Waals surface area contributed by atoms with Gasteiger partial charge in [0.05, 0.1) is 5.60 Å². The summed E-state index contributed by atoms with van der Waals surface area (Å²) in [6.07, 6.45) is 3.17. The summed E-state index contributed by atoms with van der Waals surface area (Å²) in [6, 6.07) is 9.86. The zero-order valence-corrected chi connectivity index (χ0v) is 12.5. The number of carbonyl (C=O) groups is 1. The van der Waals surface area contributed by atoms with Crippen LogP contribution in [0.15, 0.2) is 30.3 Å². The third-order valence-electron chi connectivity index (χ3n) is 4.14. The summed E-state index contributed by atoms with van der Waals surface area (Å²) < 4.78 is 10.8. The number of amides is 1. The number of nitrogens with two attached hydrogens (primary N) is 1. The zero-order valence-electron chi connectivity index (χ0n) is 12.5. The predicted octanol–water partition coefficient (Wildman–Crippen LogP) is 2.20. The second-order valence-corrected chi connectivity index (χ2v) is 5.64. The molecule has 0 heterocycles. The van der Waals surface area contributed by atoms with Crippen LogP contribution in [0.2, 0.25) is 0 Å². The molecule has 0 aliphatic heterocycles. The SMILES string of the molecule is COC1(CNC(=O)OCc2ccccc2)CCC(N)CC1. The van der Waals surface area contributed by atoms with Gasteiger partial charge in [0, 0.05) is 19.7 Å². The first-order valence-electron chi connectivity index (χ1n) is 7.39. The van der Waals surface area contributed by atoms with Gasteiger partial charge in [-0.25, -0.2) is 4.79 Å². The highest BCUT2D eigenvalue weighted by atomic mass is 16.5. The summed E-state index contributed by atoms with van der Waals surface area (Å²) >= 11 is 0. The van der Waals surface area contributed by atoms with Crippen LogP contribution in [-0.2, 0) is 16.1 Å². The van der Waals surface area contributed by atoms with Crippen molar-refractivity contribution in [1.29, 1.82) is 0 Å².